The second-order valence-corrected chi connectivity index (χ2v) is 4.14. The summed E-state index contributed by atoms with van der Waals surface area (Å²) >= 11 is 0. The van der Waals surface area contributed by atoms with Crippen molar-refractivity contribution in [1.29, 1.82) is 0 Å². The van der Waals surface area contributed by atoms with E-state index in [-0.39, 0.29) is 5.41 Å². The summed E-state index contributed by atoms with van der Waals surface area (Å²) in [6, 6.07) is 20.9. The van der Waals surface area contributed by atoms with E-state index in [0.717, 1.165) is 0 Å². The molecule has 0 amide bonds. The first-order valence-electron chi connectivity index (χ1n) is 5.73. The van der Waals surface area contributed by atoms with E-state index in [0.29, 0.717) is 0 Å². The zero-order chi connectivity index (χ0) is 11.6. The normalized spacial score (nSPS) is 15.3. The molecule has 0 saturated carbocycles. The Labute approximate surface area is 102 Å². The molecule has 0 bridgehead atoms. The van der Waals surface area contributed by atoms with E-state index in [1.807, 2.05) is 18.2 Å². The van der Waals surface area contributed by atoms with Gasteiger partial charge in [-0.1, -0.05) is 72.5 Å². The van der Waals surface area contributed by atoms with E-state index in [1.54, 1.807) is 0 Å². The predicted molar refractivity (Wildman–Crippen MR) is 70.6 cm³/mol. The molecule has 0 fully saturated rings. The summed E-state index contributed by atoms with van der Waals surface area (Å²) < 4.78 is 0. The maximum atomic E-state index is 3.34. The van der Waals surface area contributed by atoms with Gasteiger partial charge in [-0.2, -0.15) is 0 Å². The Balaban J connectivity index is 2.21. The van der Waals surface area contributed by atoms with Crippen molar-refractivity contribution in [1.82, 2.24) is 0 Å². The Morgan fingerprint density at radius 2 is 1.24 bits per heavy atom. The third-order valence-electron chi connectivity index (χ3n) is 3.14. The second-order valence-electron chi connectivity index (χ2n) is 4.14. The Morgan fingerprint density at radius 3 is 1.65 bits per heavy atom. The van der Waals surface area contributed by atoms with Gasteiger partial charge < -0.3 is 0 Å². The van der Waals surface area contributed by atoms with E-state index in [1.165, 1.54) is 11.1 Å². The van der Waals surface area contributed by atoms with Gasteiger partial charge >= 0.3 is 0 Å². The lowest BCUT2D eigenvalue weighted by Crippen LogP contribution is -2.21. The van der Waals surface area contributed by atoms with Gasteiger partial charge in [-0.15, -0.1) is 0 Å². The standard InChI is InChI=1S/C17H12/c1-3-9-15(10-4-1)17(13-7-8-14-17)16-11-5-2-6-12-16/h1-7,9-13H. The molecule has 80 valence electrons. The number of rotatable bonds is 2. The molecule has 0 aromatic heterocycles. The Morgan fingerprint density at radius 1 is 0.706 bits per heavy atom. The van der Waals surface area contributed by atoms with Crippen molar-refractivity contribution >= 4 is 0 Å². The highest BCUT2D eigenvalue weighted by Crippen LogP contribution is 2.34. The first-order valence-corrected chi connectivity index (χ1v) is 5.73. The molecule has 0 saturated heterocycles. The molecule has 2 aromatic carbocycles. The number of hydrogen-bond acceptors (Lipinski definition) is 0. The SMILES string of the molecule is C1#CC(c2ccccc2)(c2ccccc2)C=C1. The number of allylic oxidation sites excluding steroid dienone is 2. The van der Waals surface area contributed by atoms with Crippen LogP contribution in [0.25, 0.3) is 0 Å². The quantitative estimate of drug-likeness (QED) is 0.673. The lowest BCUT2D eigenvalue weighted by atomic mass is 9.76. The minimum absolute atomic E-state index is 0.261. The highest BCUT2D eigenvalue weighted by Gasteiger charge is 2.30. The zero-order valence-corrected chi connectivity index (χ0v) is 9.43. The van der Waals surface area contributed by atoms with Crippen LogP contribution >= 0.6 is 0 Å². The molecule has 0 heteroatoms. The highest BCUT2D eigenvalue weighted by atomic mass is 14.3. The Bertz CT molecular complexity index is 555. The van der Waals surface area contributed by atoms with Crippen LogP contribution in [-0.2, 0) is 5.41 Å². The summed E-state index contributed by atoms with van der Waals surface area (Å²) in [4.78, 5) is 0. The minimum atomic E-state index is -0.261. The van der Waals surface area contributed by atoms with Crippen molar-refractivity contribution in [2.24, 2.45) is 0 Å². The fourth-order valence-electron chi connectivity index (χ4n) is 2.27. The Hall–Kier alpha value is -2.26. The summed E-state index contributed by atoms with van der Waals surface area (Å²) in [6.45, 7) is 0. The van der Waals surface area contributed by atoms with Crippen molar-refractivity contribution < 1.29 is 0 Å². The molecule has 1 aliphatic rings. The van der Waals surface area contributed by atoms with Gasteiger partial charge in [0.1, 0.15) is 5.41 Å². The van der Waals surface area contributed by atoms with E-state index in [2.05, 4.69) is 66.4 Å². The van der Waals surface area contributed by atoms with E-state index in [4.69, 9.17) is 0 Å². The maximum absolute atomic E-state index is 3.34. The molecule has 0 aliphatic heterocycles. The maximum Gasteiger partial charge on any atom is 0.101 e. The molecule has 1 aliphatic carbocycles. The molecule has 17 heavy (non-hydrogen) atoms. The summed E-state index contributed by atoms with van der Waals surface area (Å²) in [6.07, 6.45) is 4.09. The molecule has 0 nitrogen and oxygen atoms in total. The van der Waals surface area contributed by atoms with Gasteiger partial charge in [0.2, 0.25) is 0 Å². The van der Waals surface area contributed by atoms with Crippen LogP contribution in [0.5, 0.6) is 0 Å². The van der Waals surface area contributed by atoms with Gasteiger partial charge in [-0.25, -0.2) is 0 Å². The average molecular weight is 216 g/mol. The Kier molecular flexibility index (Phi) is 2.31. The molecule has 0 spiro atoms. The highest BCUT2D eigenvalue weighted by molar-refractivity contribution is 5.57. The lowest BCUT2D eigenvalue weighted by molar-refractivity contribution is 0.857. The topological polar surface area (TPSA) is 0 Å². The van der Waals surface area contributed by atoms with Gasteiger partial charge in [-0.05, 0) is 23.3 Å². The van der Waals surface area contributed by atoms with Gasteiger partial charge in [0.25, 0.3) is 0 Å². The van der Waals surface area contributed by atoms with E-state index < -0.39 is 0 Å². The lowest BCUT2D eigenvalue weighted by Gasteiger charge is -2.24. The summed E-state index contributed by atoms with van der Waals surface area (Å²) in [5, 5.41) is 0. The van der Waals surface area contributed by atoms with Crippen molar-refractivity contribution in [3.8, 4) is 11.8 Å². The third-order valence-corrected chi connectivity index (χ3v) is 3.14. The molecule has 0 heterocycles. The smallest absolute Gasteiger partial charge is 0.0777 e. The van der Waals surface area contributed by atoms with Crippen molar-refractivity contribution in [2.75, 3.05) is 0 Å². The van der Waals surface area contributed by atoms with Crippen LogP contribution in [-0.4, -0.2) is 0 Å². The molecule has 0 unspecified atom stereocenters. The van der Waals surface area contributed by atoms with Gasteiger partial charge in [-0.3, -0.25) is 0 Å². The van der Waals surface area contributed by atoms with Crippen LogP contribution in [0.4, 0.5) is 0 Å². The van der Waals surface area contributed by atoms with Crippen molar-refractivity contribution in [2.45, 2.75) is 5.41 Å². The van der Waals surface area contributed by atoms with E-state index in [9.17, 15) is 0 Å². The van der Waals surface area contributed by atoms with Gasteiger partial charge in [0.05, 0.1) is 0 Å². The second kappa shape index (κ2) is 3.96. The van der Waals surface area contributed by atoms with Crippen molar-refractivity contribution in [3.05, 3.63) is 83.9 Å². The fraction of sp³-hybridized carbons (Fsp3) is 0.0588. The molecular weight excluding hydrogens is 204 g/mol. The largest absolute Gasteiger partial charge is 0.101 e. The first kappa shape index (κ1) is 9.93. The van der Waals surface area contributed by atoms with Crippen LogP contribution in [0.2, 0.25) is 0 Å². The monoisotopic (exact) mass is 216 g/mol. The molecule has 0 radical (unpaired) electrons. The number of hydrogen-bond donors (Lipinski definition) is 0. The summed E-state index contributed by atoms with van der Waals surface area (Å²) in [5.74, 6) is 6.42. The summed E-state index contributed by atoms with van der Waals surface area (Å²) in [5.41, 5.74) is 2.20. The summed E-state index contributed by atoms with van der Waals surface area (Å²) in [7, 11) is 0. The average Bonchev–Trinajstić information content (AvgIpc) is 2.91. The van der Waals surface area contributed by atoms with Crippen LogP contribution in [0.3, 0.4) is 0 Å². The molecule has 0 N–H and O–H groups in total. The molecule has 0 atom stereocenters. The van der Waals surface area contributed by atoms with Gasteiger partial charge in [0.15, 0.2) is 0 Å². The molecule has 3 rings (SSSR count). The van der Waals surface area contributed by atoms with Crippen LogP contribution in [0.1, 0.15) is 11.1 Å². The molecule has 2 aromatic rings. The van der Waals surface area contributed by atoms with Crippen LogP contribution in [0.15, 0.2) is 72.8 Å². The first-order chi connectivity index (χ1) is 8.42. The third kappa shape index (κ3) is 1.57. The number of benzene rings is 2. The van der Waals surface area contributed by atoms with Crippen LogP contribution in [0, 0.1) is 11.8 Å². The van der Waals surface area contributed by atoms with E-state index >= 15 is 0 Å². The van der Waals surface area contributed by atoms with Gasteiger partial charge in [0, 0.05) is 0 Å². The molecular formula is C17H12. The predicted octanol–water partition coefficient (Wildman–Crippen LogP) is 3.55. The fourth-order valence-corrected chi connectivity index (χ4v) is 2.27. The zero-order valence-electron chi connectivity index (χ0n) is 9.43. The van der Waals surface area contributed by atoms with Crippen LogP contribution < -0.4 is 0 Å². The minimum Gasteiger partial charge on any atom is -0.0777 e. The van der Waals surface area contributed by atoms with Crippen molar-refractivity contribution in [3.63, 3.8) is 0 Å².